The first-order valence-corrected chi connectivity index (χ1v) is 9.59. The van der Waals surface area contributed by atoms with Gasteiger partial charge < -0.3 is 14.1 Å². The summed E-state index contributed by atoms with van der Waals surface area (Å²) in [5.41, 5.74) is 0.982. The highest BCUT2D eigenvalue weighted by atomic mass is 35.5. The first kappa shape index (κ1) is 17.3. The summed E-state index contributed by atoms with van der Waals surface area (Å²) in [5, 5.41) is 2.60. The predicted octanol–water partition coefficient (Wildman–Crippen LogP) is 4.19. The summed E-state index contributed by atoms with van der Waals surface area (Å²) in [4.78, 5) is 19.4. The van der Waals surface area contributed by atoms with E-state index in [9.17, 15) is 4.79 Å². The number of thiophene rings is 1. The monoisotopic (exact) mass is 388 g/mol. The minimum absolute atomic E-state index is 0.0242. The van der Waals surface area contributed by atoms with E-state index in [1.165, 1.54) is 11.3 Å². The summed E-state index contributed by atoms with van der Waals surface area (Å²) in [6.07, 6.45) is 1.91. The summed E-state index contributed by atoms with van der Waals surface area (Å²) < 4.78 is 11.6. The molecule has 1 aromatic carbocycles. The van der Waals surface area contributed by atoms with E-state index in [1.54, 1.807) is 11.1 Å². The maximum Gasteiger partial charge on any atom is 0.264 e. The van der Waals surface area contributed by atoms with E-state index in [0.29, 0.717) is 37.0 Å². The second-order valence-electron chi connectivity index (χ2n) is 6.02. The van der Waals surface area contributed by atoms with Crippen LogP contribution in [0.15, 0.2) is 52.4 Å². The smallest absolute Gasteiger partial charge is 0.264 e. The molecule has 2 aromatic heterocycles. The Bertz CT molecular complexity index is 894. The summed E-state index contributed by atoms with van der Waals surface area (Å²) in [7, 11) is 0. The van der Waals surface area contributed by atoms with E-state index < -0.39 is 0 Å². The molecule has 134 valence electrons. The molecule has 1 aliphatic heterocycles. The van der Waals surface area contributed by atoms with Gasteiger partial charge in [0.25, 0.3) is 5.91 Å². The van der Waals surface area contributed by atoms with Gasteiger partial charge in [-0.2, -0.15) is 0 Å². The van der Waals surface area contributed by atoms with Crippen molar-refractivity contribution in [1.82, 2.24) is 9.88 Å². The van der Waals surface area contributed by atoms with E-state index in [2.05, 4.69) is 4.98 Å². The minimum Gasteiger partial charge on any atom is -0.442 e. The molecule has 1 atom stereocenters. The van der Waals surface area contributed by atoms with Gasteiger partial charge in [-0.25, -0.2) is 4.98 Å². The number of rotatable bonds is 4. The van der Waals surface area contributed by atoms with Crippen molar-refractivity contribution in [3.05, 3.63) is 75.1 Å². The lowest BCUT2D eigenvalue weighted by Crippen LogP contribution is -2.42. The maximum absolute atomic E-state index is 12.5. The van der Waals surface area contributed by atoms with Crippen LogP contribution in [-0.2, 0) is 11.2 Å². The van der Waals surface area contributed by atoms with Gasteiger partial charge in [-0.15, -0.1) is 11.3 Å². The molecule has 0 spiro atoms. The number of nitrogens with zero attached hydrogens (tertiary/aromatic N) is 2. The Hall–Kier alpha value is -2.15. The number of oxazole rings is 1. The van der Waals surface area contributed by atoms with Crippen LogP contribution < -0.4 is 0 Å². The van der Waals surface area contributed by atoms with Crippen LogP contribution in [-0.4, -0.2) is 35.5 Å². The van der Waals surface area contributed by atoms with Crippen LogP contribution in [0.4, 0.5) is 0 Å². The van der Waals surface area contributed by atoms with E-state index in [0.717, 1.165) is 16.2 Å². The van der Waals surface area contributed by atoms with E-state index >= 15 is 0 Å². The molecule has 0 radical (unpaired) electrons. The van der Waals surface area contributed by atoms with Crippen LogP contribution in [0.5, 0.6) is 0 Å². The fraction of sp³-hybridized carbons (Fsp3) is 0.263. The Morgan fingerprint density at radius 3 is 3.00 bits per heavy atom. The molecule has 3 heterocycles. The number of morpholine rings is 1. The molecule has 0 saturated carbocycles. The minimum atomic E-state index is -0.354. The molecule has 0 unspecified atom stereocenters. The Balaban J connectivity index is 1.45. The van der Waals surface area contributed by atoms with Crippen LogP contribution in [0.2, 0.25) is 5.02 Å². The number of halogens is 1. The van der Waals surface area contributed by atoms with Crippen LogP contribution >= 0.6 is 22.9 Å². The van der Waals surface area contributed by atoms with Crippen molar-refractivity contribution in [3.8, 4) is 0 Å². The number of carbonyl (C=O) groups is 1. The summed E-state index contributed by atoms with van der Waals surface area (Å²) in [6.45, 7) is 1.47. The number of aromatic nitrogens is 1. The zero-order valence-corrected chi connectivity index (χ0v) is 15.5. The van der Waals surface area contributed by atoms with Crippen molar-refractivity contribution in [1.29, 1.82) is 0 Å². The van der Waals surface area contributed by atoms with Crippen molar-refractivity contribution < 1.29 is 13.9 Å². The second-order valence-corrected chi connectivity index (χ2v) is 7.38. The molecular formula is C19H17ClN2O3S. The fourth-order valence-electron chi connectivity index (χ4n) is 2.92. The molecule has 0 N–H and O–H groups in total. The van der Waals surface area contributed by atoms with Gasteiger partial charge in [0.15, 0.2) is 6.10 Å². The summed E-state index contributed by atoms with van der Waals surface area (Å²) in [5.74, 6) is 1.24. The third kappa shape index (κ3) is 3.67. The first-order chi connectivity index (χ1) is 12.7. The topological polar surface area (TPSA) is 55.6 Å². The highest BCUT2D eigenvalue weighted by molar-refractivity contribution is 7.12. The Kier molecular flexibility index (Phi) is 5.06. The van der Waals surface area contributed by atoms with Crippen molar-refractivity contribution in [2.75, 3.05) is 19.7 Å². The fourth-order valence-corrected chi connectivity index (χ4v) is 3.82. The summed E-state index contributed by atoms with van der Waals surface area (Å²) >= 11 is 7.65. The van der Waals surface area contributed by atoms with Crippen molar-refractivity contribution in [2.45, 2.75) is 12.5 Å². The lowest BCUT2D eigenvalue weighted by atomic mass is 10.1. The third-order valence-corrected chi connectivity index (χ3v) is 5.48. The molecule has 5 nitrogen and oxygen atoms in total. The molecule has 4 rings (SSSR count). The van der Waals surface area contributed by atoms with E-state index in [1.807, 2.05) is 41.8 Å². The van der Waals surface area contributed by atoms with Crippen molar-refractivity contribution in [2.24, 2.45) is 0 Å². The van der Waals surface area contributed by atoms with E-state index in [4.69, 9.17) is 20.8 Å². The largest absolute Gasteiger partial charge is 0.442 e. The lowest BCUT2D eigenvalue weighted by molar-refractivity contribution is -0.0347. The Morgan fingerprint density at radius 2 is 2.19 bits per heavy atom. The van der Waals surface area contributed by atoms with Gasteiger partial charge in [0.2, 0.25) is 5.89 Å². The predicted molar refractivity (Wildman–Crippen MR) is 99.7 cm³/mol. The number of benzene rings is 1. The standard InChI is InChI=1S/C19H17ClN2O3S/c20-15-5-2-1-4-13(15)10-14-11-21-18(25-14)16-12-22(7-8-24-16)19(23)17-6-3-9-26-17/h1-6,9,11,16H,7-8,10,12H2/t16-/m1/s1. The average molecular weight is 389 g/mol. The lowest BCUT2D eigenvalue weighted by Gasteiger charge is -2.31. The Labute approximate surface area is 160 Å². The van der Waals surface area contributed by atoms with Gasteiger partial charge in [-0.1, -0.05) is 35.9 Å². The van der Waals surface area contributed by atoms with Crippen LogP contribution in [0.25, 0.3) is 0 Å². The molecule has 0 bridgehead atoms. The molecule has 7 heteroatoms. The highest BCUT2D eigenvalue weighted by Crippen LogP contribution is 2.26. The molecule has 0 aliphatic carbocycles. The number of hydrogen-bond acceptors (Lipinski definition) is 5. The van der Waals surface area contributed by atoms with Gasteiger partial charge in [0.1, 0.15) is 5.76 Å². The zero-order valence-electron chi connectivity index (χ0n) is 13.9. The second kappa shape index (κ2) is 7.61. The first-order valence-electron chi connectivity index (χ1n) is 8.33. The zero-order chi connectivity index (χ0) is 17.9. The molecule has 3 aromatic rings. The molecule has 1 fully saturated rings. The third-order valence-electron chi connectivity index (χ3n) is 4.26. The van der Waals surface area contributed by atoms with Crippen molar-refractivity contribution in [3.63, 3.8) is 0 Å². The number of carbonyl (C=O) groups excluding carboxylic acids is 1. The van der Waals surface area contributed by atoms with Gasteiger partial charge in [0.05, 0.1) is 24.2 Å². The molecule has 26 heavy (non-hydrogen) atoms. The quantitative estimate of drug-likeness (QED) is 0.672. The number of amides is 1. The molecule has 1 amide bonds. The molecule has 1 aliphatic rings. The van der Waals surface area contributed by atoms with Gasteiger partial charge in [0, 0.05) is 18.0 Å². The Morgan fingerprint density at radius 1 is 1.31 bits per heavy atom. The maximum atomic E-state index is 12.5. The molecule has 1 saturated heterocycles. The van der Waals surface area contributed by atoms with Crippen LogP contribution in [0.1, 0.15) is 33.0 Å². The highest BCUT2D eigenvalue weighted by Gasteiger charge is 2.29. The van der Waals surface area contributed by atoms with Crippen molar-refractivity contribution >= 4 is 28.8 Å². The van der Waals surface area contributed by atoms with Gasteiger partial charge >= 0.3 is 0 Å². The normalized spacial score (nSPS) is 17.4. The SMILES string of the molecule is O=C(c1cccs1)N1CCO[C@@H](c2ncc(Cc3ccccc3Cl)o2)C1. The van der Waals surface area contributed by atoms with Crippen LogP contribution in [0, 0.1) is 0 Å². The molecular weight excluding hydrogens is 372 g/mol. The number of hydrogen-bond donors (Lipinski definition) is 0. The van der Waals surface area contributed by atoms with E-state index in [-0.39, 0.29) is 12.0 Å². The van der Waals surface area contributed by atoms with Gasteiger partial charge in [-0.3, -0.25) is 4.79 Å². The summed E-state index contributed by atoms with van der Waals surface area (Å²) in [6, 6.07) is 11.4. The average Bonchev–Trinajstić information content (AvgIpc) is 3.35. The van der Waals surface area contributed by atoms with Crippen LogP contribution in [0.3, 0.4) is 0 Å². The van der Waals surface area contributed by atoms with Gasteiger partial charge in [-0.05, 0) is 23.1 Å². The number of ether oxygens (including phenoxy) is 1.